The molecule has 1 aliphatic heterocycles. The van der Waals surface area contributed by atoms with Crippen molar-refractivity contribution < 1.29 is 14.3 Å². The Morgan fingerprint density at radius 3 is 2.89 bits per heavy atom. The molecule has 0 aliphatic carbocycles. The van der Waals surface area contributed by atoms with E-state index in [9.17, 15) is 4.79 Å². The van der Waals surface area contributed by atoms with Crippen molar-refractivity contribution in [1.29, 1.82) is 0 Å². The maximum atomic E-state index is 12.5. The highest BCUT2D eigenvalue weighted by atomic mass is 16.5. The Morgan fingerprint density at radius 1 is 1.53 bits per heavy atom. The molecule has 0 bridgehead atoms. The number of nitrogens with two attached hydrogens (primary N) is 1. The lowest BCUT2D eigenvalue weighted by molar-refractivity contribution is -0.149. The maximum absolute atomic E-state index is 12.5. The number of benzene rings is 1. The lowest BCUT2D eigenvalue weighted by atomic mass is 10.1. The van der Waals surface area contributed by atoms with Gasteiger partial charge in [0, 0.05) is 26.7 Å². The Hall–Kier alpha value is -1.43. The van der Waals surface area contributed by atoms with E-state index in [0.29, 0.717) is 26.2 Å². The Labute approximate surface area is 113 Å². The zero-order valence-electron chi connectivity index (χ0n) is 11.1. The van der Waals surface area contributed by atoms with E-state index in [-0.39, 0.29) is 12.0 Å². The van der Waals surface area contributed by atoms with E-state index < -0.39 is 6.10 Å². The van der Waals surface area contributed by atoms with Gasteiger partial charge in [-0.25, -0.2) is 0 Å². The lowest BCUT2D eigenvalue weighted by Crippen LogP contribution is -2.49. The number of rotatable bonds is 4. The van der Waals surface area contributed by atoms with Crippen molar-refractivity contribution in [1.82, 2.24) is 4.90 Å². The predicted molar refractivity (Wildman–Crippen MR) is 71.6 cm³/mol. The quantitative estimate of drug-likeness (QED) is 0.863. The summed E-state index contributed by atoms with van der Waals surface area (Å²) in [4.78, 5) is 14.3. The summed E-state index contributed by atoms with van der Waals surface area (Å²) in [6.07, 6.45) is -0.635. The van der Waals surface area contributed by atoms with E-state index in [1.165, 1.54) is 0 Å². The zero-order valence-corrected chi connectivity index (χ0v) is 11.1. The predicted octanol–water partition coefficient (Wildman–Crippen LogP) is 0.560. The van der Waals surface area contributed by atoms with Crippen molar-refractivity contribution in [2.24, 2.45) is 5.73 Å². The third kappa shape index (κ3) is 3.32. The molecule has 0 spiro atoms. The van der Waals surface area contributed by atoms with E-state index >= 15 is 0 Å². The van der Waals surface area contributed by atoms with E-state index in [1.54, 1.807) is 12.0 Å². The van der Waals surface area contributed by atoms with Gasteiger partial charge in [-0.2, -0.15) is 0 Å². The number of hydrogen-bond acceptors (Lipinski definition) is 4. The molecule has 1 amide bonds. The normalized spacial score (nSPS) is 21.2. The third-order valence-corrected chi connectivity index (χ3v) is 3.28. The fourth-order valence-electron chi connectivity index (χ4n) is 2.24. The molecule has 1 aliphatic rings. The summed E-state index contributed by atoms with van der Waals surface area (Å²) in [7, 11) is 1.55. The minimum Gasteiger partial charge on any atom is -0.373 e. The van der Waals surface area contributed by atoms with E-state index in [2.05, 4.69) is 0 Å². The first-order valence-corrected chi connectivity index (χ1v) is 6.44. The van der Waals surface area contributed by atoms with Crippen LogP contribution >= 0.6 is 0 Å². The second-order valence-corrected chi connectivity index (χ2v) is 4.54. The second-order valence-electron chi connectivity index (χ2n) is 4.54. The number of morpholine rings is 1. The molecule has 0 aromatic heterocycles. The van der Waals surface area contributed by atoms with Gasteiger partial charge in [-0.3, -0.25) is 4.79 Å². The number of methoxy groups -OCH3 is 1. The summed E-state index contributed by atoms with van der Waals surface area (Å²) < 4.78 is 10.8. The van der Waals surface area contributed by atoms with Crippen LogP contribution in [0, 0.1) is 0 Å². The van der Waals surface area contributed by atoms with Crippen LogP contribution in [-0.4, -0.2) is 50.3 Å². The van der Waals surface area contributed by atoms with Crippen molar-refractivity contribution in [3.8, 4) is 0 Å². The van der Waals surface area contributed by atoms with Crippen LogP contribution < -0.4 is 5.73 Å². The van der Waals surface area contributed by atoms with Gasteiger partial charge in [0.15, 0.2) is 6.10 Å². The smallest absolute Gasteiger partial charge is 0.256 e. The number of amides is 1. The lowest BCUT2D eigenvalue weighted by Gasteiger charge is -2.34. The van der Waals surface area contributed by atoms with Crippen LogP contribution in [0.15, 0.2) is 30.3 Å². The summed E-state index contributed by atoms with van der Waals surface area (Å²) in [6.45, 7) is 2.07. The molecule has 5 heteroatoms. The van der Waals surface area contributed by atoms with Gasteiger partial charge in [0.05, 0.1) is 12.7 Å². The molecular formula is C14H20N2O3. The Balaban J connectivity index is 2.08. The molecule has 2 unspecified atom stereocenters. The first-order chi connectivity index (χ1) is 9.26. The van der Waals surface area contributed by atoms with Crippen LogP contribution in [0.5, 0.6) is 0 Å². The zero-order chi connectivity index (χ0) is 13.7. The topological polar surface area (TPSA) is 64.8 Å². The third-order valence-electron chi connectivity index (χ3n) is 3.28. The molecule has 2 rings (SSSR count). The highest BCUT2D eigenvalue weighted by Gasteiger charge is 2.29. The van der Waals surface area contributed by atoms with Crippen LogP contribution in [0.25, 0.3) is 0 Å². The van der Waals surface area contributed by atoms with Gasteiger partial charge in [0.1, 0.15) is 0 Å². The number of hydrogen-bond donors (Lipinski definition) is 1. The number of carbonyl (C=O) groups excluding carboxylic acids is 1. The molecule has 1 heterocycles. The molecular weight excluding hydrogens is 244 g/mol. The maximum Gasteiger partial charge on any atom is 0.256 e. The molecule has 5 nitrogen and oxygen atoms in total. The number of ether oxygens (including phenoxy) is 2. The van der Waals surface area contributed by atoms with E-state index in [1.807, 2.05) is 30.3 Å². The van der Waals surface area contributed by atoms with Gasteiger partial charge < -0.3 is 20.1 Å². The summed E-state index contributed by atoms with van der Waals surface area (Å²) in [5.41, 5.74) is 6.46. The monoisotopic (exact) mass is 264 g/mol. The molecule has 1 aromatic rings. The van der Waals surface area contributed by atoms with Crippen LogP contribution in [-0.2, 0) is 14.3 Å². The Kier molecular flexibility index (Phi) is 4.90. The number of nitrogens with zero attached hydrogens (tertiary/aromatic N) is 1. The molecule has 0 saturated carbocycles. The molecule has 1 aromatic carbocycles. The van der Waals surface area contributed by atoms with Crippen molar-refractivity contribution in [3.05, 3.63) is 35.9 Å². The average Bonchev–Trinajstić information content (AvgIpc) is 2.49. The summed E-state index contributed by atoms with van der Waals surface area (Å²) in [6, 6.07) is 9.51. The molecule has 0 radical (unpaired) electrons. The Morgan fingerprint density at radius 2 is 2.26 bits per heavy atom. The van der Waals surface area contributed by atoms with Crippen molar-refractivity contribution in [2.45, 2.75) is 12.2 Å². The first kappa shape index (κ1) is 14.0. The fraction of sp³-hybridized carbons (Fsp3) is 0.500. The van der Waals surface area contributed by atoms with Gasteiger partial charge in [0.2, 0.25) is 0 Å². The van der Waals surface area contributed by atoms with Crippen LogP contribution in [0.2, 0.25) is 0 Å². The van der Waals surface area contributed by atoms with Gasteiger partial charge in [-0.1, -0.05) is 30.3 Å². The summed E-state index contributed by atoms with van der Waals surface area (Å²) >= 11 is 0. The van der Waals surface area contributed by atoms with Crippen molar-refractivity contribution in [2.75, 3.05) is 33.4 Å². The summed E-state index contributed by atoms with van der Waals surface area (Å²) in [5, 5.41) is 0. The van der Waals surface area contributed by atoms with Crippen molar-refractivity contribution in [3.63, 3.8) is 0 Å². The minimum absolute atomic E-state index is 0.0320. The Bertz CT molecular complexity index is 410. The molecule has 2 N–H and O–H groups in total. The fourth-order valence-corrected chi connectivity index (χ4v) is 2.24. The van der Waals surface area contributed by atoms with Gasteiger partial charge in [-0.05, 0) is 5.56 Å². The van der Waals surface area contributed by atoms with E-state index in [0.717, 1.165) is 5.56 Å². The molecule has 19 heavy (non-hydrogen) atoms. The average molecular weight is 264 g/mol. The van der Waals surface area contributed by atoms with Crippen LogP contribution in [0.1, 0.15) is 11.7 Å². The SMILES string of the molecule is COC(C(=O)N1CCOC(CN)C1)c1ccccc1. The highest BCUT2D eigenvalue weighted by Crippen LogP contribution is 2.20. The molecule has 2 atom stereocenters. The first-order valence-electron chi connectivity index (χ1n) is 6.44. The van der Waals surface area contributed by atoms with Crippen LogP contribution in [0.3, 0.4) is 0 Å². The largest absolute Gasteiger partial charge is 0.373 e. The van der Waals surface area contributed by atoms with Gasteiger partial charge in [-0.15, -0.1) is 0 Å². The second kappa shape index (κ2) is 6.65. The standard InChI is InChI=1S/C14H20N2O3/c1-18-13(11-5-3-2-4-6-11)14(17)16-7-8-19-12(9-15)10-16/h2-6,12-13H,7-10,15H2,1H3. The summed E-state index contributed by atoms with van der Waals surface area (Å²) in [5.74, 6) is -0.0320. The molecule has 1 saturated heterocycles. The van der Waals surface area contributed by atoms with Crippen molar-refractivity contribution >= 4 is 5.91 Å². The number of carbonyl (C=O) groups is 1. The highest BCUT2D eigenvalue weighted by molar-refractivity contribution is 5.82. The molecule has 1 fully saturated rings. The minimum atomic E-state index is -0.558. The van der Waals surface area contributed by atoms with Gasteiger partial charge in [0.25, 0.3) is 5.91 Å². The molecule has 104 valence electrons. The van der Waals surface area contributed by atoms with Gasteiger partial charge >= 0.3 is 0 Å². The van der Waals surface area contributed by atoms with Crippen LogP contribution in [0.4, 0.5) is 0 Å². The van der Waals surface area contributed by atoms with E-state index in [4.69, 9.17) is 15.2 Å².